The molecule has 0 aliphatic rings. The predicted molar refractivity (Wildman–Crippen MR) is 117 cm³/mol. The Morgan fingerprint density at radius 2 is 1.27 bits per heavy atom. The maximum absolute atomic E-state index is 5.25. The summed E-state index contributed by atoms with van der Waals surface area (Å²) in [6.07, 6.45) is 0.709. The molecule has 2 aromatic carbocycles. The van der Waals surface area contributed by atoms with Gasteiger partial charge in [-0.1, -0.05) is 79.8 Å². The molecule has 7 heteroatoms. The van der Waals surface area contributed by atoms with Gasteiger partial charge in [-0.2, -0.15) is 10.2 Å². The molecule has 0 saturated carbocycles. The molecular weight excluding hydrogens is 362 g/mol. The van der Waals surface area contributed by atoms with Crippen molar-refractivity contribution in [3.05, 3.63) is 71.8 Å². The Balaban J connectivity index is 2.53. The SMILES string of the molecule is CCC(=S)NN=C(C(=NNC(=S)NC)c1ccccc1)c1ccccc1. The molecule has 0 spiro atoms. The van der Waals surface area contributed by atoms with Gasteiger partial charge in [0.25, 0.3) is 0 Å². The highest BCUT2D eigenvalue weighted by Gasteiger charge is 2.15. The van der Waals surface area contributed by atoms with E-state index in [1.54, 1.807) is 7.05 Å². The van der Waals surface area contributed by atoms with Crippen LogP contribution >= 0.6 is 24.4 Å². The highest BCUT2D eigenvalue weighted by atomic mass is 32.1. The summed E-state index contributed by atoms with van der Waals surface area (Å²) in [7, 11) is 1.74. The van der Waals surface area contributed by atoms with Crippen LogP contribution in [-0.2, 0) is 0 Å². The van der Waals surface area contributed by atoms with E-state index in [9.17, 15) is 0 Å². The third-order valence-corrected chi connectivity index (χ3v) is 4.10. The van der Waals surface area contributed by atoms with Gasteiger partial charge in [-0.05, 0) is 18.6 Å². The summed E-state index contributed by atoms with van der Waals surface area (Å²) < 4.78 is 0. The largest absolute Gasteiger partial charge is 0.364 e. The van der Waals surface area contributed by atoms with Crippen LogP contribution in [0.15, 0.2) is 70.9 Å². The van der Waals surface area contributed by atoms with Crippen LogP contribution in [0.3, 0.4) is 0 Å². The summed E-state index contributed by atoms with van der Waals surface area (Å²) in [6, 6.07) is 19.6. The molecule has 0 amide bonds. The minimum absolute atomic E-state index is 0.419. The van der Waals surface area contributed by atoms with Crippen molar-refractivity contribution in [3.63, 3.8) is 0 Å². The normalized spacial score (nSPS) is 11.6. The van der Waals surface area contributed by atoms with Crippen LogP contribution in [0, 0.1) is 0 Å². The predicted octanol–water partition coefficient (Wildman–Crippen LogP) is 3.22. The zero-order valence-electron chi connectivity index (χ0n) is 14.7. The van der Waals surface area contributed by atoms with E-state index in [0.29, 0.717) is 27.9 Å². The molecule has 5 nitrogen and oxygen atoms in total. The van der Waals surface area contributed by atoms with Crippen molar-refractivity contribution in [2.24, 2.45) is 10.2 Å². The van der Waals surface area contributed by atoms with Crippen LogP contribution in [0.25, 0.3) is 0 Å². The number of rotatable bonds is 6. The second-order valence-corrected chi connectivity index (χ2v) is 6.13. The molecule has 0 saturated heterocycles. The Bertz CT molecular complexity index is 732. The molecular formula is C19H21N5S2. The molecule has 0 bridgehead atoms. The number of hydrazone groups is 2. The molecule has 0 aromatic heterocycles. The lowest BCUT2D eigenvalue weighted by Crippen LogP contribution is -2.32. The molecule has 2 rings (SSSR count). The third kappa shape index (κ3) is 5.72. The van der Waals surface area contributed by atoms with Gasteiger partial charge in [-0.3, -0.25) is 10.9 Å². The van der Waals surface area contributed by atoms with Gasteiger partial charge in [-0.25, -0.2) is 0 Å². The van der Waals surface area contributed by atoms with E-state index in [1.807, 2.05) is 67.6 Å². The molecule has 2 aromatic rings. The van der Waals surface area contributed by atoms with Crippen molar-refractivity contribution in [2.45, 2.75) is 13.3 Å². The summed E-state index contributed by atoms with van der Waals surface area (Å²) in [6.45, 7) is 1.98. The molecule has 0 aliphatic heterocycles. The zero-order chi connectivity index (χ0) is 18.8. The van der Waals surface area contributed by atoms with Gasteiger partial charge in [0.05, 0.1) is 4.99 Å². The summed E-state index contributed by atoms with van der Waals surface area (Å²) in [5, 5.41) is 12.3. The van der Waals surface area contributed by atoms with Gasteiger partial charge in [0.15, 0.2) is 5.11 Å². The van der Waals surface area contributed by atoms with Gasteiger partial charge in [0.2, 0.25) is 0 Å². The fraction of sp³-hybridized carbons (Fsp3) is 0.158. The zero-order valence-corrected chi connectivity index (χ0v) is 16.3. The second-order valence-electron chi connectivity index (χ2n) is 5.23. The smallest absolute Gasteiger partial charge is 0.186 e. The van der Waals surface area contributed by atoms with E-state index in [4.69, 9.17) is 24.4 Å². The summed E-state index contributed by atoms with van der Waals surface area (Å²) in [5.41, 5.74) is 8.94. The highest BCUT2D eigenvalue weighted by molar-refractivity contribution is 7.80. The fourth-order valence-electron chi connectivity index (χ4n) is 2.06. The van der Waals surface area contributed by atoms with E-state index in [2.05, 4.69) is 26.4 Å². The number of benzene rings is 2. The van der Waals surface area contributed by atoms with E-state index in [-0.39, 0.29) is 0 Å². The van der Waals surface area contributed by atoms with Gasteiger partial charge in [0.1, 0.15) is 11.4 Å². The van der Waals surface area contributed by atoms with Crippen LogP contribution in [-0.4, -0.2) is 28.6 Å². The highest BCUT2D eigenvalue weighted by Crippen LogP contribution is 2.10. The van der Waals surface area contributed by atoms with Crippen LogP contribution in [0.4, 0.5) is 0 Å². The van der Waals surface area contributed by atoms with E-state index in [1.165, 1.54) is 0 Å². The van der Waals surface area contributed by atoms with Crippen LogP contribution in [0.1, 0.15) is 24.5 Å². The lowest BCUT2D eigenvalue weighted by atomic mass is 10.00. The van der Waals surface area contributed by atoms with Crippen molar-refractivity contribution in [3.8, 4) is 0 Å². The minimum atomic E-state index is 0.419. The quantitative estimate of drug-likeness (QED) is 0.406. The number of hydrogen-bond donors (Lipinski definition) is 3. The van der Waals surface area contributed by atoms with Gasteiger partial charge in [-0.15, -0.1) is 0 Å². The maximum Gasteiger partial charge on any atom is 0.186 e. The van der Waals surface area contributed by atoms with Crippen molar-refractivity contribution in [1.29, 1.82) is 0 Å². The Morgan fingerprint density at radius 1 is 0.808 bits per heavy atom. The van der Waals surface area contributed by atoms with E-state index in [0.717, 1.165) is 11.1 Å². The topological polar surface area (TPSA) is 60.8 Å². The van der Waals surface area contributed by atoms with Gasteiger partial charge in [0, 0.05) is 18.2 Å². The molecule has 134 valence electrons. The average Bonchev–Trinajstić information content (AvgIpc) is 2.71. The van der Waals surface area contributed by atoms with Crippen molar-refractivity contribution < 1.29 is 0 Å². The average molecular weight is 384 g/mol. The molecule has 0 aliphatic carbocycles. The first-order chi connectivity index (χ1) is 12.7. The lowest BCUT2D eigenvalue weighted by molar-refractivity contribution is 0.974. The third-order valence-electron chi connectivity index (χ3n) is 3.43. The van der Waals surface area contributed by atoms with Crippen molar-refractivity contribution >= 4 is 46.0 Å². The monoisotopic (exact) mass is 383 g/mol. The molecule has 0 heterocycles. The molecule has 26 heavy (non-hydrogen) atoms. The molecule has 0 atom stereocenters. The Kier molecular flexibility index (Phi) is 7.85. The van der Waals surface area contributed by atoms with Crippen LogP contribution < -0.4 is 16.2 Å². The van der Waals surface area contributed by atoms with Gasteiger partial charge < -0.3 is 5.32 Å². The Hall–Kier alpha value is -2.64. The fourth-order valence-corrected chi connectivity index (χ4v) is 2.15. The van der Waals surface area contributed by atoms with Crippen molar-refractivity contribution in [2.75, 3.05) is 7.05 Å². The first kappa shape index (κ1) is 19.7. The number of nitrogens with zero attached hydrogens (tertiary/aromatic N) is 2. The van der Waals surface area contributed by atoms with Gasteiger partial charge >= 0.3 is 0 Å². The van der Waals surface area contributed by atoms with E-state index < -0.39 is 0 Å². The number of nitrogens with one attached hydrogen (secondary N) is 3. The minimum Gasteiger partial charge on any atom is -0.364 e. The lowest BCUT2D eigenvalue weighted by Gasteiger charge is -2.12. The first-order valence-corrected chi connectivity index (χ1v) is 9.00. The number of thiocarbonyl (C=S) groups is 2. The standard InChI is InChI=1S/C19H21N5S2/c1-3-16(25)21-22-17(14-10-6-4-7-11-14)18(23-24-19(26)20-2)15-12-8-5-9-13-15/h4-13H,3H2,1-2H3,(H,21,25)(H2,20,24,26). The summed E-state index contributed by atoms with van der Waals surface area (Å²) in [4.78, 5) is 0.657. The molecule has 0 unspecified atom stereocenters. The maximum atomic E-state index is 5.25. The Morgan fingerprint density at radius 3 is 1.69 bits per heavy atom. The summed E-state index contributed by atoms with van der Waals surface area (Å²) >= 11 is 10.4. The van der Waals surface area contributed by atoms with Crippen molar-refractivity contribution in [1.82, 2.24) is 16.2 Å². The molecule has 3 N–H and O–H groups in total. The van der Waals surface area contributed by atoms with E-state index >= 15 is 0 Å². The second kappa shape index (κ2) is 10.4. The molecule has 0 fully saturated rings. The Labute approximate surface area is 164 Å². The first-order valence-electron chi connectivity index (χ1n) is 8.18. The number of hydrogen-bond acceptors (Lipinski definition) is 4. The van der Waals surface area contributed by atoms with Crippen LogP contribution in [0.5, 0.6) is 0 Å². The van der Waals surface area contributed by atoms with Crippen LogP contribution in [0.2, 0.25) is 0 Å². The summed E-state index contributed by atoms with van der Waals surface area (Å²) in [5.74, 6) is 0. The molecule has 0 radical (unpaired) electrons.